The molecule has 1 amide bonds. The normalized spacial score (nSPS) is 18.8. The van der Waals surface area contributed by atoms with Gasteiger partial charge in [0.1, 0.15) is 0 Å². The highest BCUT2D eigenvalue weighted by Gasteiger charge is 2.40. The third-order valence-corrected chi connectivity index (χ3v) is 3.81. The molecule has 0 spiro atoms. The van der Waals surface area contributed by atoms with Crippen LogP contribution in [-0.4, -0.2) is 48.1 Å². The van der Waals surface area contributed by atoms with Crippen molar-refractivity contribution in [2.75, 3.05) is 26.2 Å². The average molecular weight is 268 g/mol. The lowest BCUT2D eigenvalue weighted by molar-refractivity contribution is -0.152. The van der Waals surface area contributed by atoms with Gasteiger partial charge in [-0.05, 0) is 32.4 Å². The molecule has 0 bridgehead atoms. The van der Waals surface area contributed by atoms with Crippen LogP contribution in [0, 0.1) is 5.41 Å². The van der Waals surface area contributed by atoms with Crippen molar-refractivity contribution in [1.29, 1.82) is 0 Å². The zero-order valence-electron chi connectivity index (χ0n) is 11.7. The quantitative estimate of drug-likeness (QED) is 0.682. The molecule has 5 heteroatoms. The molecule has 0 aromatic rings. The molecule has 1 aliphatic heterocycles. The fourth-order valence-electron chi connectivity index (χ4n) is 2.63. The lowest BCUT2D eigenvalue weighted by Crippen LogP contribution is -2.47. The van der Waals surface area contributed by atoms with Gasteiger partial charge in [0, 0.05) is 6.54 Å². The van der Waals surface area contributed by atoms with E-state index < -0.39 is 11.4 Å². The predicted octanol–water partition coefficient (Wildman–Crippen LogP) is 1.26. The Hall–Kier alpha value is -1.36. The standard InChI is InChI=1S/C14H24N2O3/c1-3-5-14(13(18)19)6-9-16(10-7-14)11-12(17)15-8-4-2/h4H,2-3,5-11H2,1H3,(H,15,17)(H,18,19). The van der Waals surface area contributed by atoms with Crippen molar-refractivity contribution in [2.24, 2.45) is 5.41 Å². The van der Waals surface area contributed by atoms with Crippen molar-refractivity contribution >= 4 is 11.9 Å². The second kappa shape index (κ2) is 7.28. The lowest BCUT2D eigenvalue weighted by Gasteiger charge is -2.38. The highest BCUT2D eigenvalue weighted by atomic mass is 16.4. The van der Waals surface area contributed by atoms with Crippen LogP contribution in [0.5, 0.6) is 0 Å². The Morgan fingerprint density at radius 1 is 1.42 bits per heavy atom. The number of carboxylic acid groups (broad SMARTS) is 1. The van der Waals surface area contributed by atoms with E-state index in [0.29, 0.717) is 39.0 Å². The highest BCUT2D eigenvalue weighted by Crippen LogP contribution is 2.36. The van der Waals surface area contributed by atoms with Gasteiger partial charge in [-0.3, -0.25) is 14.5 Å². The number of piperidine rings is 1. The number of carbonyl (C=O) groups excluding carboxylic acids is 1. The van der Waals surface area contributed by atoms with Crippen molar-refractivity contribution in [3.05, 3.63) is 12.7 Å². The van der Waals surface area contributed by atoms with E-state index in [0.717, 1.165) is 12.8 Å². The summed E-state index contributed by atoms with van der Waals surface area (Å²) >= 11 is 0. The van der Waals surface area contributed by atoms with Crippen LogP contribution in [0.4, 0.5) is 0 Å². The number of hydrogen-bond acceptors (Lipinski definition) is 3. The summed E-state index contributed by atoms with van der Waals surface area (Å²) in [5.41, 5.74) is -0.581. The van der Waals surface area contributed by atoms with Crippen molar-refractivity contribution < 1.29 is 14.7 Å². The topological polar surface area (TPSA) is 69.6 Å². The molecule has 0 aromatic heterocycles. The molecule has 0 radical (unpaired) electrons. The molecule has 0 aliphatic carbocycles. The van der Waals surface area contributed by atoms with E-state index >= 15 is 0 Å². The van der Waals surface area contributed by atoms with E-state index in [1.54, 1.807) is 6.08 Å². The van der Waals surface area contributed by atoms with Gasteiger partial charge in [0.25, 0.3) is 0 Å². The second-order valence-electron chi connectivity index (χ2n) is 5.20. The number of amides is 1. The molecule has 0 unspecified atom stereocenters. The zero-order chi connectivity index (χ0) is 14.3. The highest BCUT2D eigenvalue weighted by molar-refractivity contribution is 5.78. The smallest absolute Gasteiger partial charge is 0.309 e. The van der Waals surface area contributed by atoms with Gasteiger partial charge in [-0.1, -0.05) is 19.4 Å². The fraction of sp³-hybridized carbons (Fsp3) is 0.714. The summed E-state index contributed by atoms with van der Waals surface area (Å²) in [5, 5.41) is 12.1. The van der Waals surface area contributed by atoms with Gasteiger partial charge in [0.2, 0.25) is 5.91 Å². The van der Waals surface area contributed by atoms with Crippen LogP contribution in [0.3, 0.4) is 0 Å². The summed E-state index contributed by atoms with van der Waals surface area (Å²) in [4.78, 5) is 25.0. The van der Waals surface area contributed by atoms with Crippen molar-refractivity contribution in [3.63, 3.8) is 0 Å². The maximum absolute atomic E-state index is 11.6. The number of carboxylic acids is 1. The van der Waals surface area contributed by atoms with E-state index in [1.165, 1.54) is 0 Å². The zero-order valence-corrected chi connectivity index (χ0v) is 11.7. The Bertz CT molecular complexity index is 334. The Balaban J connectivity index is 2.45. The molecule has 0 aromatic carbocycles. The second-order valence-corrected chi connectivity index (χ2v) is 5.20. The van der Waals surface area contributed by atoms with Crippen LogP contribution in [0.15, 0.2) is 12.7 Å². The molecule has 1 rings (SSSR count). The number of nitrogens with one attached hydrogen (secondary N) is 1. The fourth-order valence-corrected chi connectivity index (χ4v) is 2.63. The lowest BCUT2D eigenvalue weighted by atomic mass is 9.75. The summed E-state index contributed by atoms with van der Waals surface area (Å²) in [6.45, 7) is 7.72. The molecule has 1 saturated heterocycles. The molecule has 1 aliphatic rings. The summed E-state index contributed by atoms with van der Waals surface area (Å²) in [5.74, 6) is -0.719. The predicted molar refractivity (Wildman–Crippen MR) is 73.9 cm³/mol. The van der Waals surface area contributed by atoms with Crippen molar-refractivity contribution in [2.45, 2.75) is 32.6 Å². The molecule has 2 N–H and O–H groups in total. The minimum absolute atomic E-state index is 0.0294. The van der Waals surface area contributed by atoms with Gasteiger partial charge in [-0.2, -0.15) is 0 Å². The molecule has 0 atom stereocenters. The molecule has 0 saturated carbocycles. The third-order valence-electron chi connectivity index (χ3n) is 3.81. The average Bonchev–Trinajstić information content (AvgIpc) is 2.39. The Labute approximate surface area is 114 Å². The summed E-state index contributed by atoms with van der Waals surface area (Å²) in [6.07, 6.45) is 4.51. The van der Waals surface area contributed by atoms with E-state index in [4.69, 9.17) is 0 Å². The van der Waals surface area contributed by atoms with Gasteiger partial charge >= 0.3 is 5.97 Å². The van der Waals surface area contributed by atoms with Gasteiger partial charge in [-0.25, -0.2) is 0 Å². The minimum atomic E-state index is -0.690. The van der Waals surface area contributed by atoms with E-state index in [2.05, 4.69) is 11.9 Å². The summed E-state index contributed by atoms with van der Waals surface area (Å²) in [6, 6.07) is 0. The first-order valence-corrected chi connectivity index (χ1v) is 6.87. The Morgan fingerprint density at radius 3 is 2.53 bits per heavy atom. The number of aliphatic carboxylic acids is 1. The van der Waals surface area contributed by atoms with Gasteiger partial charge in [0.15, 0.2) is 0 Å². The van der Waals surface area contributed by atoms with Gasteiger partial charge < -0.3 is 10.4 Å². The van der Waals surface area contributed by atoms with Gasteiger partial charge in [-0.15, -0.1) is 6.58 Å². The molecule has 1 heterocycles. The van der Waals surface area contributed by atoms with Crippen LogP contribution in [-0.2, 0) is 9.59 Å². The molecule has 108 valence electrons. The van der Waals surface area contributed by atoms with Crippen LogP contribution < -0.4 is 5.32 Å². The van der Waals surface area contributed by atoms with Crippen molar-refractivity contribution in [3.8, 4) is 0 Å². The van der Waals surface area contributed by atoms with E-state index in [1.807, 2.05) is 11.8 Å². The number of likely N-dealkylation sites (tertiary alicyclic amines) is 1. The first kappa shape index (κ1) is 15.7. The Morgan fingerprint density at radius 2 is 2.05 bits per heavy atom. The van der Waals surface area contributed by atoms with Crippen LogP contribution in [0.2, 0.25) is 0 Å². The third kappa shape index (κ3) is 4.35. The van der Waals surface area contributed by atoms with Gasteiger partial charge in [0.05, 0.1) is 12.0 Å². The van der Waals surface area contributed by atoms with Crippen LogP contribution in [0.25, 0.3) is 0 Å². The maximum atomic E-state index is 11.6. The van der Waals surface area contributed by atoms with Crippen LogP contribution in [0.1, 0.15) is 32.6 Å². The largest absolute Gasteiger partial charge is 0.481 e. The van der Waals surface area contributed by atoms with E-state index in [-0.39, 0.29) is 5.91 Å². The number of nitrogens with zero attached hydrogens (tertiary/aromatic N) is 1. The minimum Gasteiger partial charge on any atom is -0.481 e. The number of hydrogen-bond donors (Lipinski definition) is 2. The summed E-state index contributed by atoms with van der Waals surface area (Å²) in [7, 11) is 0. The van der Waals surface area contributed by atoms with Crippen LogP contribution >= 0.6 is 0 Å². The SMILES string of the molecule is C=CCNC(=O)CN1CCC(CCC)(C(=O)O)CC1. The summed E-state index contributed by atoms with van der Waals surface area (Å²) < 4.78 is 0. The van der Waals surface area contributed by atoms with Crippen molar-refractivity contribution in [1.82, 2.24) is 10.2 Å². The number of carbonyl (C=O) groups is 2. The molecule has 19 heavy (non-hydrogen) atoms. The maximum Gasteiger partial charge on any atom is 0.309 e. The number of rotatable bonds is 7. The molecular weight excluding hydrogens is 244 g/mol. The van der Waals surface area contributed by atoms with E-state index in [9.17, 15) is 14.7 Å². The molecule has 5 nitrogen and oxygen atoms in total. The first-order valence-electron chi connectivity index (χ1n) is 6.87. The monoisotopic (exact) mass is 268 g/mol. The Kier molecular flexibility index (Phi) is 6.02. The molecule has 1 fully saturated rings. The molecular formula is C14H24N2O3. The first-order chi connectivity index (χ1) is 9.04.